The van der Waals surface area contributed by atoms with Crippen molar-refractivity contribution in [1.82, 2.24) is 30.8 Å². The molecule has 26 heteroatoms. The number of para-hydroxylation sites is 4. The van der Waals surface area contributed by atoms with Gasteiger partial charge in [-0.2, -0.15) is 11.3 Å². The Morgan fingerprint density at radius 1 is 0.387 bits per heavy atom. The highest BCUT2D eigenvalue weighted by atomic mass is 32.2. The van der Waals surface area contributed by atoms with Crippen LogP contribution in [0.5, 0.6) is 0 Å². The summed E-state index contributed by atoms with van der Waals surface area (Å²) in [4.78, 5) is 1.44. The third-order valence-electron chi connectivity index (χ3n) is 19.5. The van der Waals surface area contributed by atoms with Crippen molar-refractivity contribution in [1.29, 1.82) is 0 Å². The fraction of sp³-hybridized carbons (Fsp3) is 0.225. The summed E-state index contributed by atoms with van der Waals surface area (Å²) in [6, 6.07) is 56.4. The van der Waals surface area contributed by atoms with Crippen LogP contribution in [0.25, 0.3) is 0 Å². The van der Waals surface area contributed by atoms with Crippen molar-refractivity contribution in [3.63, 3.8) is 0 Å². The highest BCUT2D eigenvalue weighted by molar-refractivity contribution is 7.93. The second kappa shape index (κ2) is 31.5. The van der Waals surface area contributed by atoms with Crippen molar-refractivity contribution in [2.75, 3.05) is 58.5 Å². The molecular formula is C80H82N10O10S6. The number of furan rings is 1. The molecule has 0 bridgehead atoms. The molecule has 4 atom stereocenters. The van der Waals surface area contributed by atoms with E-state index >= 15 is 0 Å². The Morgan fingerprint density at radius 2 is 0.755 bits per heavy atom. The number of nitrogens with zero attached hydrogens (tertiary/aromatic N) is 6. The molecule has 0 aliphatic carbocycles. The Balaban J connectivity index is 0.000000125. The lowest BCUT2D eigenvalue weighted by molar-refractivity contribution is 0.418. The molecule has 548 valence electrons. The van der Waals surface area contributed by atoms with Gasteiger partial charge in [0.05, 0.1) is 85.2 Å². The summed E-state index contributed by atoms with van der Waals surface area (Å²) in [6.45, 7) is 10.2. The number of fused-ring (bicyclic) bond motifs is 8. The summed E-state index contributed by atoms with van der Waals surface area (Å²) in [6.07, 6.45) is 10.2. The van der Waals surface area contributed by atoms with E-state index in [2.05, 4.69) is 47.6 Å². The number of hydrogen-bond donors (Lipinski definition) is 4. The molecule has 4 unspecified atom stereocenters. The van der Waals surface area contributed by atoms with E-state index in [1.807, 2.05) is 191 Å². The van der Waals surface area contributed by atoms with Gasteiger partial charge >= 0.3 is 0 Å². The Morgan fingerprint density at radius 3 is 1.08 bits per heavy atom. The number of hydrogen-bond acceptors (Lipinski definition) is 18. The summed E-state index contributed by atoms with van der Waals surface area (Å²) in [5.74, 6) is 0. The average molecular weight is 1540 g/mol. The number of rotatable bonds is 14. The summed E-state index contributed by atoms with van der Waals surface area (Å²) >= 11 is 3.10. The lowest BCUT2D eigenvalue weighted by atomic mass is 9.96. The number of anilines is 4. The summed E-state index contributed by atoms with van der Waals surface area (Å²) in [7, 11) is -8.00. The Hall–Kier alpha value is -9.58. The number of aryl methyl sites for hydroxylation is 4. The van der Waals surface area contributed by atoms with Crippen molar-refractivity contribution in [2.45, 2.75) is 97.4 Å². The molecule has 20 nitrogen and oxygen atoms in total. The average Bonchev–Trinajstić information content (AvgIpc) is 1.76. The van der Waals surface area contributed by atoms with Crippen LogP contribution in [0.2, 0.25) is 0 Å². The second-order valence-electron chi connectivity index (χ2n) is 26.5. The molecule has 0 saturated heterocycles. The lowest BCUT2D eigenvalue weighted by Crippen LogP contribution is -2.26. The maximum Gasteiger partial charge on any atom is 0.264 e. The maximum atomic E-state index is 13.2. The van der Waals surface area contributed by atoms with Gasteiger partial charge in [0.1, 0.15) is 6.26 Å². The minimum Gasteiger partial charge on any atom is -0.472 e. The monoisotopic (exact) mass is 1530 g/mol. The largest absolute Gasteiger partial charge is 0.472 e. The highest BCUT2D eigenvalue weighted by Crippen LogP contribution is 2.45. The molecular weight excluding hydrogens is 1450 g/mol. The molecule has 16 rings (SSSR count). The number of aromatic nitrogens is 2. The zero-order chi connectivity index (χ0) is 74.7. The number of sulfonamides is 4. The molecule has 0 saturated carbocycles. The van der Waals surface area contributed by atoms with E-state index in [9.17, 15) is 33.7 Å². The molecule has 12 aromatic rings. The first-order valence-corrected chi connectivity index (χ1v) is 41.9. The zero-order valence-corrected chi connectivity index (χ0v) is 64.6. The first-order chi connectivity index (χ1) is 50.9. The van der Waals surface area contributed by atoms with Gasteiger partial charge in [0.15, 0.2) is 0 Å². The topological polar surface area (TPSA) is 250 Å². The van der Waals surface area contributed by atoms with Crippen LogP contribution in [0.3, 0.4) is 0 Å². The molecule has 4 aliphatic heterocycles. The van der Waals surface area contributed by atoms with Crippen LogP contribution in [0, 0.1) is 27.7 Å². The standard InChI is InChI=1S/C21H22N2O3S.C21H22N2O2S2.C19H19N3O3S.C19H19N3O2S2/c2*1-15-7-8-18-20(13-15)27(24,25)23(2)19-6-4-3-5-17(19)21(18)22-11-9-16-10-12-26-14-16;2*1-13-7-8-16-18(9-13)26(23,24)22(2)17-6-4-3-5-15(17)19(16)20-10-14-11-21-25-12-14/h2*3-8,10,12-14,21-22H,9,11H2,1-2H3;2*3-9,11-12,19-20H,10H2,1-2H3. The van der Waals surface area contributed by atoms with Crippen LogP contribution in [-0.4, -0.2) is 84.5 Å². The Kier molecular flexibility index (Phi) is 22.2. The van der Waals surface area contributed by atoms with E-state index < -0.39 is 40.1 Å². The molecule has 0 spiro atoms. The van der Waals surface area contributed by atoms with Crippen LogP contribution < -0.4 is 38.5 Å². The first-order valence-electron chi connectivity index (χ1n) is 34.4. The smallest absolute Gasteiger partial charge is 0.264 e. The van der Waals surface area contributed by atoms with E-state index in [4.69, 9.17) is 8.94 Å². The van der Waals surface area contributed by atoms with E-state index in [1.165, 1.54) is 34.3 Å². The van der Waals surface area contributed by atoms with E-state index in [-0.39, 0.29) is 24.2 Å². The van der Waals surface area contributed by atoms with Crippen molar-refractivity contribution in [3.05, 3.63) is 318 Å². The number of benzene rings is 8. The fourth-order valence-electron chi connectivity index (χ4n) is 13.8. The van der Waals surface area contributed by atoms with Gasteiger partial charge in [0.25, 0.3) is 40.1 Å². The van der Waals surface area contributed by atoms with Gasteiger partial charge in [-0.3, -0.25) is 17.2 Å². The molecule has 4 N–H and O–H groups in total. The van der Waals surface area contributed by atoms with Crippen LogP contribution in [0.15, 0.2) is 258 Å². The van der Waals surface area contributed by atoms with Crippen LogP contribution in [0.1, 0.15) is 113 Å². The van der Waals surface area contributed by atoms with Crippen LogP contribution in [0.4, 0.5) is 22.7 Å². The van der Waals surface area contributed by atoms with Crippen LogP contribution in [-0.2, 0) is 66.0 Å². The van der Waals surface area contributed by atoms with E-state index in [0.717, 1.165) is 109 Å². The van der Waals surface area contributed by atoms with E-state index in [1.54, 1.807) is 88.8 Å². The van der Waals surface area contributed by atoms with Gasteiger partial charge in [0, 0.05) is 71.5 Å². The van der Waals surface area contributed by atoms with Crippen molar-refractivity contribution in [3.8, 4) is 0 Å². The molecule has 4 aliphatic rings. The lowest BCUT2D eigenvalue weighted by Gasteiger charge is -2.22. The summed E-state index contributed by atoms with van der Waals surface area (Å²) in [5, 5.41) is 24.1. The highest BCUT2D eigenvalue weighted by Gasteiger charge is 2.39. The molecule has 4 aromatic heterocycles. The first kappa shape index (κ1) is 74.7. The molecule has 8 heterocycles. The third-order valence-corrected chi connectivity index (χ3v) is 28.2. The summed E-state index contributed by atoms with van der Waals surface area (Å²) < 4.78 is 125. The second-order valence-corrected chi connectivity index (χ2v) is 35.7. The zero-order valence-electron chi connectivity index (χ0n) is 59.7. The van der Waals surface area contributed by atoms with Gasteiger partial charge in [-0.15, -0.1) is 0 Å². The minimum atomic E-state index is -3.64. The van der Waals surface area contributed by atoms with Gasteiger partial charge in [-0.25, -0.2) is 38.0 Å². The molecule has 0 fully saturated rings. The third kappa shape index (κ3) is 15.3. The van der Waals surface area contributed by atoms with Crippen molar-refractivity contribution >= 4 is 85.7 Å². The quantitative estimate of drug-likeness (QED) is 0.0790. The number of thiophene rings is 1. The number of nitrogens with one attached hydrogen (secondary N) is 4. The van der Waals surface area contributed by atoms with Crippen LogP contribution >= 0.6 is 22.9 Å². The predicted octanol–water partition coefficient (Wildman–Crippen LogP) is 14.2. The molecule has 8 aromatic carbocycles. The summed E-state index contributed by atoms with van der Waals surface area (Å²) in [5.41, 5.74) is 17.8. The van der Waals surface area contributed by atoms with E-state index in [0.29, 0.717) is 56.3 Å². The van der Waals surface area contributed by atoms with Gasteiger partial charge < -0.3 is 30.2 Å². The Bertz CT molecular complexity index is 5250. The van der Waals surface area contributed by atoms with Gasteiger partial charge in [-0.05, 0) is 207 Å². The minimum absolute atomic E-state index is 0.171. The predicted molar refractivity (Wildman–Crippen MR) is 419 cm³/mol. The van der Waals surface area contributed by atoms with Crippen molar-refractivity contribution in [2.24, 2.45) is 0 Å². The molecule has 0 amide bonds. The van der Waals surface area contributed by atoms with Gasteiger partial charge in [-0.1, -0.05) is 126 Å². The molecule has 106 heavy (non-hydrogen) atoms. The SMILES string of the molecule is Cc1ccc2c(c1)S(=O)(=O)N(C)c1ccccc1C2NCCc1ccoc1.Cc1ccc2c(c1)S(=O)(=O)N(C)c1ccccc1C2NCCc1ccsc1.Cc1ccc2c(c1)S(=O)(=O)N(C)c1ccccc1C2NCc1cnoc1.Cc1ccc2c(c1)S(=O)(=O)N(C)c1ccccc1C2NCc1cnsc1. The van der Waals surface area contributed by atoms with Crippen molar-refractivity contribution < 1.29 is 42.6 Å². The normalized spacial score (nSPS) is 18.0. The van der Waals surface area contributed by atoms with Gasteiger partial charge in [0.2, 0.25) is 0 Å². The fourth-order valence-corrected chi connectivity index (χ4v) is 21.2. The Labute approximate surface area is 628 Å². The molecule has 0 radical (unpaired) electrons. The maximum absolute atomic E-state index is 13.2.